The number of carbonyl (C=O) groups excluding carboxylic acids is 1. The SMILES string of the molecule is CC1=C2CC(C(C)(C)O)CCC2(C)C(OC2OC(CO)C(O)C(O)C2O)CC1=O. The Morgan fingerprint density at radius 2 is 1.83 bits per heavy atom. The predicted molar refractivity (Wildman–Crippen MR) is 103 cm³/mol. The second kappa shape index (κ2) is 8.00. The van der Waals surface area contributed by atoms with E-state index < -0.39 is 54.4 Å². The fraction of sp³-hybridized carbons (Fsp3) is 0.857. The molecule has 2 fully saturated rings. The number of aliphatic hydroxyl groups excluding tert-OH is 4. The van der Waals surface area contributed by atoms with Gasteiger partial charge in [0.1, 0.15) is 24.4 Å². The number of fused-ring (bicyclic) bond motifs is 1. The Labute approximate surface area is 171 Å². The van der Waals surface area contributed by atoms with Gasteiger partial charge in [0.2, 0.25) is 0 Å². The van der Waals surface area contributed by atoms with Gasteiger partial charge < -0.3 is 35.0 Å². The Morgan fingerprint density at radius 3 is 2.41 bits per heavy atom. The summed E-state index contributed by atoms with van der Waals surface area (Å²) in [6.45, 7) is 6.86. The number of ether oxygens (including phenoxy) is 2. The molecule has 0 radical (unpaired) electrons. The summed E-state index contributed by atoms with van der Waals surface area (Å²) >= 11 is 0. The van der Waals surface area contributed by atoms with E-state index in [1.807, 2.05) is 13.8 Å². The Morgan fingerprint density at radius 1 is 1.17 bits per heavy atom. The minimum Gasteiger partial charge on any atom is -0.394 e. The molecular weight excluding hydrogens is 380 g/mol. The van der Waals surface area contributed by atoms with Crippen LogP contribution < -0.4 is 0 Å². The van der Waals surface area contributed by atoms with Crippen molar-refractivity contribution in [2.45, 2.75) is 95.8 Å². The van der Waals surface area contributed by atoms with Gasteiger partial charge in [-0.05, 0) is 51.5 Å². The van der Waals surface area contributed by atoms with Crippen molar-refractivity contribution < 1.29 is 39.8 Å². The number of hydrogen-bond acceptors (Lipinski definition) is 8. The van der Waals surface area contributed by atoms with Crippen molar-refractivity contribution in [1.29, 1.82) is 0 Å². The first-order valence-corrected chi connectivity index (χ1v) is 10.3. The van der Waals surface area contributed by atoms with Gasteiger partial charge in [0.05, 0.1) is 18.3 Å². The number of carbonyl (C=O) groups is 1. The third-order valence-corrected chi connectivity index (χ3v) is 7.25. The molecule has 0 bridgehead atoms. The van der Waals surface area contributed by atoms with E-state index in [2.05, 4.69) is 0 Å². The van der Waals surface area contributed by atoms with E-state index in [4.69, 9.17) is 9.47 Å². The minimum atomic E-state index is -1.53. The molecule has 1 saturated carbocycles. The Balaban J connectivity index is 1.85. The third-order valence-electron chi connectivity index (χ3n) is 7.25. The molecular formula is C21H34O8. The minimum absolute atomic E-state index is 0.0272. The average molecular weight is 414 g/mol. The zero-order chi connectivity index (χ0) is 21.7. The van der Waals surface area contributed by atoms with Crippen LogP contribution in [0.25, 0.3) is 0 Å². The monoisotopic (exact) mass is 414 g/mol. The molecule has 8 nitrogen and oxygen atoms in total. The molecule has 3 aliphatic rings. The van der Waals surface area contributed by atoms with Crippen molar-refractivity contribution in [3.8, 4) is 0 Å². The van der Waals surface area contributed by atoms with Crippen LogP contribution in [0.1, 0.15) is 53.4 Å². The number of Topliss-reactive ketones (excluding diaryl/α,β-unsaturated/α-hetero) is 1. The van der Waals surface area contributed by atoms with Gasteiger partial charge >= 0.3 is 0 Å². The summed E-state index contributed by atoms with van der Waals surface area (Å²) in [5, 5.41) is 50.2. The molecule has 29 heavy (non-hydrogen) atoms. The van der Waals surface area contributed by atoms with Gasteiger partial charge in [-0.3, -0.25) is 4.79 Å². The van der Waals surface area contributed by atoms with Crippen molar-refractivity contribution >= 4 is 5.78 Å². The maximum Gasteiger partial charge on any atom is 0.187 e. The second-order valence-electron chi connectivity index (χ2n) is 9.56. The fourth-order valence-electron chi connectivity index (χ4n) is 5.00. The van der Waals surface area contributed by atoms with Gasteiger partial charge in [0.15, 0.2) is 12.1 Å². The van der Waals surface area contributed by atoms with E-state index in [0.717, 1.165) is 12.0 Å². The van der Waals surface area contributed by atoms with Gasteiger partial charge in [-0.1, -0.05) is 12.5 Å². The van der Waals surface area contributed by atoms with Crippen LogP contribution in [0.5, 0.6) is 0 Å². The lowest BCUT2D eigenvalue weighted by atomic mass is 9.58. The molecule has 0 aromatic rings. The molecule has 8 atom stereocenters. The van der Waals surface area contributed by atoms with E-state index in [0.29, 0.717) is 18.4 Å². The number of aliphatic hydroxyl groups is 5. The Bertz CT molecular complexity index is 666. The maximum atomic E-state index is 12.7. The van der Waals surface area contributed by atoms with Crippen molar-refractivity contribution in [2.24, 2.45) is 11.3 Å². The second-order valence-corrected chi connectivity index (χ2v) is 9.56. The molecule has 5 N–H and O–H groups in total. The topological polar surface area (TPSA) is 137 Å². The van der Waals surface area contributed by atoms with E-state index in [9.17, 15) is 30.3 Å². The molecule has 1 heterocycles. The van der Waals surface area contributed by atoms with Crippen LogP contribution in [0.15, 0.2) is 11.1 Å². The van der Waals surface area contributed by atoms with Crippen molar-refractivity contribution in [3.63, 3.8) is 0 Å². The van der Waals surface area contributed by atoms with Gasteiger partial charge in [-0.2, -0.15) is 0 Å². The molecule has 1 saturated heterocycles. The molecule has 3 rings (SSSR count). The summed E-state index contributed by atoms with van der Waals surface area (Å²) in [7, 11) is 0. The maximum absolute atomic E-state index is 12.7. The van der Waals surface area contributed by atoms with Crippen molar-refractivity contribution in [2.75, 3.05) is 6.61 Å². The lowest BCUT2D eigenvalue weighted by Gasteiger charge is -2.51. The number of rotatable bonds is 4. The van der Waals surface area contributed by atoms with Gasteiger partial charge in [-0.15, -0.1) is 0 Å². The molecule has 1 aliphatic heterocycles. The zero-order valence-corrected chi connectivity index (χ0v) is 17.5. The van der Waals surface area contributed by atoms with Crippen LogP contribution in [-0.4, -0.2) is 80.3 Å². The number of hydrogen-bond donors (Lipinski definition) is 5. The molecule has 8 unspecified atom stereocenters. The van der Waals surface area contributed by atoms with Crippen LogP contribution in [0.3, 0.4) is 0 Å². The summed E-state index contributed by atoms with van der Waals surface area (Å²) in [5.74, 6) is -0.0252. The highest BCUT2D eigenvalue weighted by atomic mass is 16.7. The van der Waals surface area contributed by atoms with Crippen LogP contribution in [0, 0.1) is 11.3 Å². The van der Waals surface area contributed by atoms with Crippen LogP contribution in [0.2, 0.25) is 0 Å². The summed E-state index contributed by atoms with van der Waals surface area (Å²) in [5.41, 5.74) is 0.332. The van der Waals surface area contributed by atoms with Crippen LogP contribution >= 0.6 is 0 Å². The molecule has 166 valence electrons. The van der Waals surface area contributed by atoms with Crippen molar-refractivity contribution in [3.05, 3.63) is 11.1 Å². The fourth-order valence-corrected chi connectivity index (χ4v) is 5.00. The van der Waals surface area contributed by atoms with Crippen molar-refractivity contribution in [1.82, 2.24) is 0 Å². The normalized spacial score (nSPS) is 44.0. The lowest BCUT2D eigenvalue weighted by molar-refractivity contribution is -0.318. The lowest BCUT2D eigenvalue weighted by Crippen LogP contribution is -2.61. The highest BCUT2D eigenvalue weighted by Crippen LogP contribution is 2.53. The zero-order valence-electron chi connectivity index (χ0n) is 17.5. The van der Waals surface area contributed by atoms with Gasteiger partial charge in [0.25, 0.3) is 0 Å². The molecule has 0 aromatic carbocycles. The average Bonchev–Trinajstić information content (AvgIpc) is 2.65. The summed E-state index contributed by atoms with van der Waals surface area (Å²) in [6.07, 6.45) is -5.24. The highest BCUT2D eigenvalue weighted by molar-refractivity contribution is 5.97. The summed E-state index contributed by atoms with van der Waals surface area (Å²) in [4.78, 5) is 12.7. The van der Waals surface area contributed by atoms with E-state index in [1.165, 1.54) is 0 Å². The van der Waals surface area contributed by atoms with Gasteiger partial charge in [-0.25, -0.2) is 0 Å². The number of allylic oxidation sites excluding steroid dienone is 1. The predicted octanol–water partition coefficient (Wildman–Crippen LogP) is 0.0381. The van der Waals surface area contributed by atoms with E-state index >= 15 is 0 Å². The molecule has 0 amide bonds. The molecule has 2 aliphatic carbocycles. The molecule has 0 spiro atoms. The first kappa shape index (κ1) is 22.8. The van der Waals surface area contributed by atoms with E-state index in [-0.39, 0.29) is 18.1 Å². The summed E-state index contributed by atoms with van der Waals surface area (Å²) < 4.78 is 11.5. The van der Waals surface area contributed by atoms with Crippen LogP contribution in [-0.2, 0) is 14.3 Å². The first-order chi connectivity index (χ1) is 13.4. The van der Waals surface area contributed by atoms with Crippen LogP contribution in [0.4, 0.5) is 0 Å². The van der Waals surface area contributed by atoms with E-state index in [1.54, 1.807) is 13.8 Å². The number of ketones is 1. The smallest absolute Gasteiger partial charge is 0.187 e. The largest absolute Gasteiger partial charge is 0.394 e. The van der Waals surface area contributed by atoms with Gasteiger partial charge in [0, 0.05) is 11.8 Å². The Hall–Kier alpha value is -0.870. The standard InChI is InChI=1S/C21H34O8/c1-10-12-7-11(20(2,3)27)5-6-21(12,4)15(8-13(10)23)29-19-18(26)17(25)16(24)14(9-22)28-19/h11,14-19,22,24-27H,5-9H2,1-4H3. The molecule has 8 heteroatoms. The Kier molecular flexibility index (Phi) is 6.29. The quantitative estimate of drug-likeness (QED) is 0.435. The first-order valence-electron chi connectivity index (χ1n) is 10.3. The highest BCUT2D eigenvalue weighted by Gasteiger charge is 2.52. The molecule has 0 aromatic heterocycles. The summed E-state index contributed by atoms with van der Waals surface area (Å²) in [6, 6.07) is 0. The third kappa shape index (κ3) is 4.04.